The van der Waals surface area contributed by atoms with E-state index in [9.17, 15) is 4.79 Å². The summed E-state index contributed by atoms with van der Waals surface area (Å²) in [5.41, 5.74) is 0.676. The molecule has 0 radical (unpaired) electrons. The zero-order chi connectivity index (χ0) is 16.6. The van der Waals surface area contributed by atoms with Crippen LogP contribution in [-0.4, -0.2) is 39.4 Å². The molecule has 1 atom stereocenters. The van der Waals surface area contributed by atoms with Gasteiger partial charge in [-0.2, -0.15) is 10.1 Å². The van der Waals surface area contributed by atoms with Crippen LogP contribution in [0.1, 0.15) is 19.0 Å². The Hall–Kier alpha value is -2.16. The van der Waals surface area contributed by atoms with E-state index in [1.165, 1.54) is 7.11 Å². The number of hydrogen-bond acceptors (Lipinski definition) is 7. The van der Waals surface area contributed by atoms with Crippen molar-refractivity contribution < 1.29 is 14.3 Å². The van der Waals surface area contributed by atoms with Gasteiger partial charge in [0.15, 0.2) is 5.54 Å². The number of methoxy groups -OCH3 is 1. The number of carbonyl (C=O) groups excluding carboxylic acids is 1. The van der Waals surface area contributed by atoms with Crippen LogP contribution in [-0.2, 0) is 15.1 Å². The Labute approximate surface area is 141 Å². The molecule has 0 bridgehead atoms. The van der Waals surface area contributed by atoms with Gasteiger partial charge in [0, 0.05) is 6.42 Å². The fraction of sp³-hybridized carbons (Fsp3) is 0.429. The van der Waals surface area contributed by atoms with Gasteiger partial charge in [-0.1, -0.05) is 0 Å². The minimum absolute atomic E-state index is 0.270. The molecule has 23 heavy (non-hydrogen) atoms. The van der Waals surface area contributed by atoms with Gasteiger partial charge in [-0.3, -0.25) is 4.68 Å². The van der Waals surface area contributed by atoms with Crippen LogP contribution in [0.3, 0.4) is 0 Å². The molecule has 1 saturated heterocycles. The van der Waals surface area contributed by atoms with Crippen LogP contribution in [0.5, 0.6) is 5.88 Å². The van der Waals surface area contributed by atoms with Crippen molar-refractivity contribution >= 4 is 33.5 Å². The fourth-order valence-corrected chi connectivity index (χ4v) is 2.67. The molecule has 2 aromatic rings. The second-order valence-corrected chi connectivity index (χ2v) is 6.26. The molecule has 3 rings (SSSR count). The van der Waals surface area contributed by atoms with Gasteiger partial charge in [0.1, 0.15) is 0 Å². The first kappa shape index (κ1) is 15.7. The molecule has 2 aromatic heterocycles. The summed E-state index contributed by atoms with van der Waals surface area (Å²) in [7, 11) is 1.53. The molecule has 0 spiro atoms. The number of rotatable bonds is 4. The number of esters is 1. The van der Waals surface area contributed by atoms with Gasteiger partial charge in [-0.05, 0) is 29.8 Å². The third-order valence-corrected chi connectivity index (χ3v) is 4.36. The van der Waals surface area contributed by atoms with Crippen molar-refractivity contribution in [3.05, 3.63) is 22.6 Å². The van der Waals surface area contributed by atoms with E-state index >= 15 is 0 Å². The Kier molecular flexibility index (Phi) is 3.97. The number of anilines is 2. The molecule has 0 aliphatic carbocycles. The van der Waals surface area contributed by atoms with Crippen molar-refractivity contribution in [1.82, 2.24) is 19.7 Å². The SMILES string of the molecule is COc1nc(Nc2cn([C@]3(C)CCOC3=O)nc2C)ncc1Br. The Bertz CT molecular complexity index is 763. The van der Waals surface area contributed by atoms with Gasteiger partial charge in [0.25, 0.3) is 0 Å². The van der Waals surface area contributed by atoms with Crippen molar-refractivity contribution in [2.45, 2.75) is 25.8 Å². The summed E-state index contributed by atoms with van der Waals surface area (Å²) < 4.78 is 12.5. The normalized spacial score (nSPS) is 20.4. The van der Waals surface area contributed by atoms with E-state index in [0.717, 1.165) is 11.4 Å². The van der Waals surface area contributed by atoms with Crippen molar-refractivity contribution in [3.8, 4) is 5.88 Å². The number of halogens is 1. The predicted molar refractivity (Wildman–Crippen MR) is 85.8 cm³/mol. The van der Waals surface area contributed by atoms with E-state index in [1.807, 2.05) is 13.8 Å². The second-order valence-electron chi connectivity index (χ2n) is 5.41. The monoisotopic (exact) mass is 381 g/mol. The van der Waals surface area contributed by atoms with Gasteiger partial charge in [-0.15, -0.1) is 0 Å². The standard InChI is InChI=1S/C14H16BrN5O3/c1-8-10(17-13-16-6-9(15)11(18-13)22-3)7-20(19-8)14(2)4-5-23-12(14)21/h6-7H,4-5H2,1-3H3,(H,16,17,18)/t14-/m1/s1. The van der Waals surface area contributed by atoms with Crippen LogP contribution in [0, 0.1) is 6.92 Å². The summed E-state index contributed by atoms with van der Waals surface area (Å²) in [5, 5.41) is 7.52. The minimum atomic E-state index is -0.775. The Morgan fingerprint density at radius 3 is 2.96 bits per heavy atom. The zero-order valence-corrected chi connectivity index (χ0v) is 14.5. The number of carbonyl (C=O) groups is 1. The highest BCUT2D eigenvalue weighted by molar-refractivity contribution is 9.10. The summed E-state index contributed by atoms with van der Waals surface area (Å²) >= 11 is 3.31. The van der Waals surface area contributed by atoms with Crippen molar-refractivity contribution in [2.24, 2.45) is 0 Å². The highest BCUT2D eigenvalue weighted by atomic mass is 79.9. The second kappa shape index (κ2) is 5.80. The van der Waals surface area contributed by atoms with Crippen molar-refractivity contribution in [3.63, 3.8) is 0 Å². The van der Waals surface area contributed by atoms with E-state index in [2.05, 4.69) is 36.3 Å². The molecule has 3 heterocycles. The lowest BCUT2D eigenvalue weighted by molar-refractivity contribution is -0.145. The van der Waals surface area contributed by atoms with Gasteiger partial charge < -0.3 is 14.8 Å². The summed E-state index contributed by atoms with van der Waals surface area (Å²) in [6.45, 7) is 4.07. The molecule has 0 saturated carbocycles. The van der Waals surface area contributed by atoms with Crippen molar-refractivity contribution in [1.29, 1.82) is 0 Å². The first-order valence-corrected chi connectivity index (χ1v) is 7.81. The lowest BCUT2D eigenvalue weighted by Crippen LogP contribution is -2.35. The molecule has 1 aliphatic rings. The van der Waals surface area contributed by atoms with E-state index in [4.69, 9.17) is 9.47 Å². The fourth-order valence-electron chi connectivity index (χ4n) is 2.32. The van der Waals surface area contributed by atoms with Crippen LogP contribution < -0.4 is 10.1 Å². The number of aryl methyl sites for hydroxylation is 1. The summed E-state index contributed by atoms with van der Waals surface area (Å²) in [6.07, 6.45) is 3.96. The number of ether oxygens (including phenoxy) is 2. The molecule has 1 fully saturated rings. The number of hydrogen-bond donors (Lipinski definition) is 1. The number of cyclic esters (lactones) is 1. The average molecular weight is 382 g/mol. The van der Waals surface area contributed by atoms with E-state index in [0.29, 0.717) is 29.3 Å². The molecule has 8 nitrogen and oxygen atoms in total. The maximum atomic E-state index is 11.9. The first-order valence-electron chi connectivity index (χ1n) is 7.01. The van der Waals surface area contributed by atoms with Crippen LogP contribution in [0.25, 0.3) is 0 Å². The largest absolute Gasteiger partial charge is 0.480 e. The van der Waals surface area contributed by atoms with E-state index in [-0.39, 0.29) is 5.97 Å². The summed E-state index contributed by atoms with van der Waals surface area (Å²) in [4.78, 5) is 20.4. The average Bonchev–Trinajstić information content (AvgIpc) is 3.06. The predicted octanol–water partition coefficient (Wildman–Crippen LogP) is 2.16. The number of aromatic nitrogens is 4. The van der Waals surface area contributed by atoms with Crippen LogP contribution >= 0.6 is 15.9 Å². The van der Waals surface area contributed by atoms with Crippen LogP contribution in [0.15, 0.2) is 16.9 Å². The maximum absolute atomic E-state index is 11.9. The number of nitrogens with one attached hydrogen (secondary N) is 1. The molecular formula is C14H16BrN5O3. The van der Waals surface area contributed by atoms with Crippen LogP contribution in [0.2, 0.25) is 0 Å². The lowest BCUT2D eigenvalue weighted by atomic mass is 10.0. The Morgan fingerprint density at radius 1 is 1.52 bits per heavy atom. The highest BCUT2D eigenvalue weighted by Crippen LogP contribution is 2.30. The van der Waals surface area contributed by atoms with Gasteiger partial charge >= 0.3 is 5.97 Å². The quantitative estimate of drug-likeness (QED) is 0.811. The molecule has 0 aromatic carbocycles. The van der Waals surface area contributed by atoms with E-state index < -0.39 is 5.54 Å². The van der Waals surface area contributed by atoms with Crippen molar-refractivity contribution in [2.75, 3.05) is 19.0 Å². The molecule has 122 valence electrons. The summed E-state index contributed by atoms with van der Waals surface area (Å²) in [5.74, 6) is 0.541. The van der Waals surface area contributed by atoms with Gasteiger partial charge in [-0.25, -0.2) is 9.78 Å². The number of nitrogens with zero attached hydrogens (tertiary/aromatic N) is 4. The van der Waals surface area contributed by atoms with Gasteiger partial charge in [0.2, 0.25) is 11.8 Å². The maximum Gasteiger partial charge on any atom is 0.333 e. The van der Waals surface area contributed by atoms with E-state index in [1.54, 1.807) is 17.1 Å². The Balaban J connectivity index is 1.89. The van der Waals surface area contributed by atoms with Gasteiger partial charge in [0.05, 0.1) is 42.0 Å². The molecular weight excluding hydrogens is 366 g/mol. The zero-order valence-electron chi connectivity index (χ0n) is 13.0. The first-order chi connectivity index (χ1) is 10.9. The highest BCUT2D eigenvalue weighted by Gasteiger charge is 2.43. The topological polar surface area (TPSA) is 91.2 Å². The third kappa shape index (κ3) is 2.76. The molecule has 1 aliphatic heterocycles. The molecule has 0 unspecified atom stereocenters. The smallest absolute Gasteiger partial charge is 0.333 e. The minimum Gasteiger partial charge on any atom is -0.480 e. The molecule has 1 N–H and O–H groups in total. The molecule has 9 heteroatoms. The third-order valence-electron chi connectivity index (χ3n) is 3.82. The van der Waals surface area contributed by atoms with Crippen LogP contribution in [0.4, 0.5) is 11.6 Å². The Morgan fingerprint density at radius 2 is 2.30 bits per heavy atom. The molecule has 0 amide bonds. The lowest BCUT2D eigenvalue weighted by Gasteiger charge is -2.19. The summed E-state index contributed by atoms with van der Waals surface area (Å²) in [6, 6.07) is 0.